The van der Waals surface area contributed by atoms with E-state index in [0.717, 1.165) is 12.8 Å². The standard InChI is InChI=1S/C19H26N2O5/c22-18(21-12-16(19(23)24)13-7-9-25-10-8-13)14-5-6-17(20-11-14)26-15-3-1-2-4-15/h5-6,11,13,15-16H,1-4,7-10,12H2,(H,21,22)(H,23,24). The molecule has 7 nitrogen and oxygen atoms in total. The number of aromatic nitrogens is 1. The lowest BCUT2D eigenvalue weighted by Gasteiger charge is -2.27. The van der Waals surface area contributed by atoms with Gasteiger partial charge < -0.3 is 19.9 Å². The van der Waals surface area contributed by atoms with Gasteiger partial charge in [0.15, 0.2) is 0 Å². The molecule has 1 saturated heterocycles. The lowest BCUT2D eigenvalue weighted by molar-refractivity contribution is -0.144. The van der Waals surface area contributed by atoms with E-state index in [4.69, 9.17) is 9.47 Å². The second-order valence-corrected chi connectivity index (χ2v) is 7.01. The summed E-state index contributed by atoms with van der Waals surface area (Å²) in [6, 6.07) is 3.36. The van der Waals surface area contributed by atoms with Crippen molar-refractivity contribution in [2.24, 2.45) is 11.8 Å². The molecular weight excluding hydrogens is 336 g/mol. The minimum Gasteiger partial charge on any atom is -0.481 e. The lowest BCUT2D eigenvalue weighted by atomic mass is 9.86. The van der Waals surface area contributed by atoms with E-state index in [1.165, 1.54) is 19.0 Å². The zero-order valence-electron chi connectivity index (χ0n) is 14.9. The first-order valence-electron chi connectivity index (χ1n) is 9.35. The van der Waals surface area contributed by atoms with Crippen LogP contribution in [0.25, 0.3) is 0 Å². The van der Waals surface area contributed by atoms with Crippen LogP contribution in [0.4, 0.5) is 0 Å². The maximum absolute atomic E-state index is 12.3. The molecule has 1 aromatic rings. The van der Waals surface area contributed by atoms with Crippen molar-refractivity contribution < 1.29 is 24.2 Å². The first kappa shape index (κ1) is 18.6. The largest absolute Gasteiger partial charge is 0.481 e. The molecule has 2 N–H and O–H groups in total. The van der Waals surface area contributed by atoms with Gasteiger partial charge in [-0.05, 0) is 50.5 Å². The molecule has 7 heteroatoms. The molecule has 2 heterocycles. The summed E-state index contributed by atoms with van der Waals surface area (Å²) < 4.78 is 11.1. The van der Waals surface area contributed by atoms with E-state index in [1.807, 2.05) is 0 Å². The Balaban J connectivity index is 1.52. The van der Waals surface area contributed by atoms with Crippen LogP contribution in [0, 0.1) is 11.8 Å². The fraction of sp³-hybridized carbons (Fsp3) is 0.632. The molecule has 1 amide bonds. The number of rotatable bonds is 7. The summed E-state index contributed by atoms with van der Waals surface area (Å²) in [7, 11) is 0. The molecule has 0 radical (unpaired) electrons. The van der Waals surface area contributed by atoms with E-state index in [0.29, 0.717) is 37.5 Å². The molecule has 0 spiro atoms. The van der Waals surface area contributed by atoms with E-state index < -0.39 is 11.9 Å². The van der Waals surface area contributed by atoms with Gasteiger partial charge in [0, 0.05) is 32.0 Å². The number of carbonyl (C=O) groups excluding carboxylic acids is 1. The first-order valence-corrected chi connectivity index (χ1v) is 9.35. The second-order valence-electron chi connectivity index (χ2n) is 7.01. The third-order valence-electron chi connectivity index (χ3n) is 5.22. The van der Waals surface area contributed by atoms with Crippen molar-refractivity contribution in [3.8, 4) is 5.88 Å². The lowest BCUT2D eigenvalue weighted by Crippen LogP contribution is -2.39. The van der Waals surface area contributed by atoms with Crippen LogP contribution in [-0.4, -0.2) is 47.8 Å². The number of aliphatic carboxylic acids is 1. The number of carboxylic acid groups (broad SMARTS) is 1. The van der Waals surface area contributed by atoms with Gasteiger partial charge in [0.05, 0.1) is 11.5 Å². The van der Waals surface area contributed by atoms with Crippen molar-refractivity contribution in [3.63, 3.8) is 0 Å². The van der Waals surface area contributed by atoms with Crippen LogP contribution < -0.4 is 10.1 Å². The molecule has 142 valence electrons. The van der Waals surface area contributed by atoms with Gasteiger partial charge in [-0.3, -0.25) is 9.59 Å². The Bertz CT molecular complexity index is 607. The molecule has 1 aromatic heterocycles. The number of hydrogen-bond donors (Lipinski definition) is 2. The number of hydrogen-bond acceptors (Lipinski definition) is 5. The van der Waals surface area contributed by atoms with Gasteiger partial charge in [-0.25, -0.2) is 4.98 Å². The van der Waals surface area contributed by atoms with Gasteiger partial charge in [-0.1, -0.05) is 0 Å². The summed E-state index contributed by atoms with van der Waals surface area (Å²) >= 11 is 0. The number of nitrogens with zero attached hydrogens (tertiary/aromatic N) is 1. The predicted octanol–water partition coefficient (Wildman–Crippen LogP) is 2.26. The Hall–Kier alpha value is -2.15. The SMILES string of the molecule is O=C(NCC(C(=O)O)C1CCOCC1)c1ccc(OC2CCCC2)nc1. The summed E-state index contributed by atoms with van der Waals surface area (Å²) in [4.78, 5) is 28.0. The molecule has 0 bridgehead atoms. The molecule has 2 fully saturated rings. The van der Waals surface area contributed by atoms with Crippen molar-refractivity contribution >= 4 is 11.9 Å². The number of amides is 1. The third-order valence-corrected chi connectivity index (χ3v) is 5.22. The van der Waals surface area contributed by atoms with Crippen molar-refractivity contribution in [1.82, 2.24) is 10.3 Å². The Morgan fingerprint density at radius 2 is 1.96 bits per heavy atom. The molecule has 1 saturated carbocycles. The highest BCUT2D eigenvalue weighted by atomic mass is 16.5. The second kappa shape index (κ2) is 8.98. The highest BCUT2D eigenvalue weighted by Gasteiger charge is 2.30. The quantitative estimate of drug-likeness (QED) is 0.772. The van der Waals surface area contributed by atoms with Gasteiger partial charge in [-0.15, -0.1) is 0 Å². The predicted molar refractivity (Wildman–Crippen MR) is 94.1 cm³/mol. The summed E-state index contributed by atoms with van der Waals surface area (Å²) in [5.41, 5.74) is 0.403. The van der Waals surface area contributed by atoms with Crippen LogP contribution in [0.3, 0.4) is 0 Å². The molecular formula is C19H26N2O5. The number of carbonyl (C=O) groups is 2. The fourth-order valence-electron chi connectivity index (χ4n) is 3.64. The van der Waals surface area contributed by atoms with Gasteiger partial charge in [0.2, 0.25) is 5.88 Å². The molecule has 1 atom stereocenters. The van der Waals surface area contributed by atoms with Crippen molar-refractivity contribution in [2.75, 3.05) is 19.8 Å². The molecule has 1 aliphatic carbocycles. The molecule has 1 aliphatic heterocycles. The van der Waals surface area contributed by atoms with E-state index in [9.17, 15) is 14.7 Å². The summed E-state index contributed by atoms with van der Waals surface area (Å²) in [6.07, 6.45) is 7.58. The monoisotopic (exact) mass is 362 g/mol. The average molecular weight is 362 g/mol. The van der Waals surface area contributed by atoms with Crippen molar-refractivity contribution in [1.29, 1.82) is 0 Å². The Kier molecular flexibility index (Phi) is 6.44. The third kappa shape index (κ3) is 4.94. The minimum atomic E-state index is -0.879. The summed E-state index contributed by atoms with van der Waals surface area (Å²) in [5.74, 6) is -1.24. The van der Waals surface area contributed by atoms with Crippen molar-refractivity contribution in [2.45, 2.75) is 44.6 Å². The van der Waals surface area contributed by atoms with Crippen molar-refractivity contribution in [3.05, 3.63) is 23.9 Å². The minimum absolute atomic E-state index is 0.0295. The first-order chi connectivity index (χ1) is 12.6. The Morgan fingerprint density at radius 3 is 2.58 bits per heavy atom. The number of nitrogens with one attached hydrogen (secondary N) is 1. The number of pyridine rings is 1. The average Bonchev–Trinajstić information content (AvgIpc) is 3.16. The zero-order chi connectivity index (χ0) is 18.4. The summed E-state index contributed by atoms with van der Waals surface area (Å²) in [5, 5.41) is 12.2. The molecule has 0 aromatic carbocycles. The number of ether oxygens (including phenoxy) is 2. The van der Waals surface area contributed by atoms with E-state index in [2.05, 4.69) is 10.3 Å². The van der Waals surface area contributed by atoms with Crippen LogP contribution >= 0.6 is 0 Å². The van der Waals surface area contributed by atoms with E-state index in [1.54, 1.807) is 12.1 Å². The maximum Gasteiger partial charge on any atom is 0.308 e. The van der Waals surface area contributed by atoms with Crippen LogP contribution in [-0.2, 0) is 9.53 Å². The highest BCUT2D eigenvalue weighted by Crippen LogP contribution is 2.24. The van der Waals surface area contributed by atoms with Gasteiger partial charge in [0.1, 0.15) is 6.10 Å². The van der Waals surface area contributed by atoms with Gasteiger partial charge in [0.25, 0.3) is 5.91 Å². The van der Waals surface area contributed by atoms with Gasteiger partial charge in [-0.2, -0.15) is 0 Å². The maximum atomic E-state index is 12.3. The van der Waals surface area contributed by atoms with Crippen LogP contribution in [0.15, 0.2) is 18.3 Å². The van der Waals surface area contributed by atoms with E-state index >= 15 is 0 Å². The number of carboxylic acids is 1. The molecule has 26 heavy (non-hydrogen) atoms. The van der Waals surface area contributed by atoms with Gasteiger partial charge >= 0.3 is 5.97 Å². The topological polar surface area (TPSA) is 97.8 Å². The van der Waals surface area contributed by atoms with Crippen LogP contribution in [0.1, 0.15) is 48.9 Å². The fourth-order valence-corrected chi connectivity index (χ4v) is 3.64. The Morgan fingerprint density at radius 1 is 1.23 bits per heavy atom. The van der Waals surface area contributed by atoms with Crippen LogP contribution in [0.2, 0.25) is 0 Å². The summed E-state index contributed by atoms with van der Waals surface area (Å²) in [6.45, 7) is 1.27. The molecule has 2 aliphatic rings. The van der Waals surface area contributed by atoms with Crippen LogP contribution in [0.5, 0.6) is 5.88 Å². The molecule has 3 rings (SSSR count). The smallest absolute Gasteiger partial charge is 0.308 e. The normalized spacial score (nSPS) is 19.8. The van der Waals surface area contributed by atoms with E-state index in [-0.39, 0.29) is 24.5 Å². The zero-order valence-corrected chi connectivity index (χ0v) is 14.9. The highest BCUT2D eigenvalue weighted by molar-refractivity contribution is 5.94. The molecule has 1 unspecified atom stereocenters. The Labute approximate surface area is 153 Å².